The van der Waals surface area contributed by atoms with Crippen LogP contribution in [0.5, 0.6) is 5.88 Å². The molecule has 2 unspecified atom stereocenters. The Morgan fingerprint density at radius 3 is 2.47 bits per heavy atom. The molecule has 1 aromatic carbocycles. The van der Waals surface area contributed by atoms with Crippen LogP contribution in [0, 0.1) is 0 Å². The van der Waals surface area contributed by atoms with Gasteiger partial charge in [-0.15, -0.1) is 0 Å². The maximum Gasteiger partial charge on any atom is 0.253 e. The van der Waals surface area contributed by atoms with Crippen molar-refractivity contribution in [3.63, 3.8) is 0 Å². The molecule has 2 fully saturated rings. The number of aromatic nitrogens is 1. The van der Waals surface area contributed by atoms with E-state index in [2.05, 4.69) is 10.3 Å². The van der Waals surface area contributed by atoms with Gasteiger partial charge in [0.1, 0.15) is 6.10 Å². The normalized spacial score (nSPS) is 22.5. The van der Waals surface area contributed by atoms with E-state index < -0.39 is 6.10 Å². The highest BCUT2D eigenvalue weighted by Crippen LogP contribution is 2.33. The summed E-state index contributed by atoms with van der Waals surface area (Å²) in [5.74, 6) is 0.339. The molecule has 2 N–H and O–H groups in total. The van der Waals surface area contributed by atoms with Crippen LogP contribution in [0.4, 0.5) is 0 Å². The summed E-state index contributed by atoms with van der Waals surface area (Å²) in [6.07, 6.45) is 10.5. The SMILES string of the molecule is O=C(NC1CCCCC1O)c1cnc(OC2CCCCC2)c(-c2ccc(Cl)cc2)c1. The zero-order chi connectivity index (χ0) is 20.9. The summed E-state index contributed by atoms with van der Waals surface area (Å²) < 4.78 is 6.26. The third-order valence-electron chi connectivity index (χ3n) is 6.15. The fourth-order valence-electron chi connectivity index (χ4n) is 4.38. The molecule has 4 rings (SSSR count). The van der Waals surface area contributed by atoms with Gasteiger partial charge in [0, 0.05) is 16.8 Å². The molecule has 2 aromatic rings. The minimum Gasteiger partial charge on any atom is -0.474 e. The van der Waals surface area contributed by atoms with Crippen molar-refractivity contribution in [3.8, 4) is 17.0 Å². The summed E-state index contributed by atoms with van der Waals surface area (Å²) in [6.45, 7) is 0. The molecule has 0 radical (unpaired) electrons. The first kappa shape index (κ1) is 21.1. The van der Waals surface area contributed by atoms with E-state index in [-0.39, 0.29) is 18.1 Å². The predicted octanol–water partition coefficient (Wildman–Crippen LogP) is 5.15. The highest BCUT2D eigenvalue weighted by atomic mass is 35.5. The Bertz CT molecular complexity index is 865. The molecule has 1 heterocycles. The number of hydrogen-bond acceptors (Lipinski definition) is 4. The van der Waals surface area contributed by atoms with Crippen LogP contribution in [0.15, 0.2) is 36.5 Å². The van der Waals surface area contributed by atoms with Gasteiger partial charge >= 0.3 is 0 Å². The molecule has 30 heavy (non-hydrogen) atoms. The number of benzene rings is 1. The predicted molar refractivity (Wildman–Crippen MR) is 118 cm³/mol. The molecule has 0 aliphatic heterocycles. The van der Waals surface area contributed by atoms with E-state index in [0.717, 1.165) is 49.7 Å². The number of amides is 1. The number of nitrogens with one attached hydrogen (secondary N) is 1. The van der Waals surface area contributed by atoms with Crippen LogP contribution in [-0.2, 0) is 0 Å². The van der Waals surface area contributed by atoms with E-state index >= 15 is 0 Å². The van der Waals surface area contributed by atoms with Gasteiger partial charge in [-0.3, -0.25) is 4.79 Å². The summed E-state index contributed by atoms with van der Waals surface area (Å²) in [4.78, 5) is 17.4. The number of pyridine rings is 1. The van der Waals surface area contributed by atoms with Gasteiger partial charge in [-0.2, -0.15) is 0 Å². The summed E-state index contributed by atoms with van der Waals surface area (Å²) in [6, 6.07) is 9.11. The number of aliphatic hydroxyl groups excluding tert-OH is 1. The molecule has 2 atom stereocenters. The van der Waals surface area contributed by atoms with Crippen molar-refractivity contribution in [3.05, 3.63) is 47.1 Å². The van der Waals surface area contributed by atoms with Crippen molar-refractivity contribution in [1.29, 1.82) is 0 Å². The maximum absolute atomic E-state index is 12.9. The van der Waals surface area contributed by atoms with Gasteiger partial charge < -0.3 is 15.2 Å². The number of aliphatic hydroxyl groups is 1. The smallest absolute Gasteiger partial charge is 0.253 e. The summed E-state index contributed by atoms with van der Waals surface area (Å²) in [5, 5.41) is 13.8. The molecular formula is C24H29ClN2O3. The van der Waals surface area contributed by atoms with Crippen LogP contribution in [0.25, 0.3) is 11.1 Å². The van der Waals surface area contributed by atoms with E-state index in [1.54, 1.807) is 6.20 Å². The van der Waals surface area contributed by atoms with Gasteiger partial charge in [-0.25, -0.2) is 4.98 Å². The number of carbonyl (C=O) groups excluding carboxylic acids is 1. The molecular weight excluding hydrogens is 400 g/mol. The first-order valence-corrected chi connectivity index (χ1v) is 11.4. The van der Waals surface area contributed by atoms with Gasteiger partial charge in [0.2, 0.25) is 5.88 Å². The van der Waals surface area contributed by atoms with E-state index in [1.165, 1.54) is 19.3 Å². The Kier molecular flexibility index (Phi) is 6.90. The Hall–Kier alpha value is -2.11. The number of nitrogens with zero attached hydrogens (tertiary/aromatic N) is 1. The second-order valence-corrected chi connectivity index (χ2v) is 8.83. The third kappa shape index (κ3) is 5.13. The second kappa shape index (κ2) is 9.80. The van der Waals surface area contributed by atoms with Crippen molar-refractivity contribution >= 4 is 17.5 Å². The van der Waals surface area contributed by atoms with Gasteiger partial charge in [-0.05, 0) is 62.3 Å². The lowest BCUT2D eigenvalue weighted by molar-refractivity contribution is 0.0717. The number of halogens is 1. The van der Waals surface area contributed by atoms with Crippen molar-refractivity contribution < 1.29 is 14.6 Å². The van der Waals surface area contributed by atoms with Crippen molar-refractivity contribution in [2.75, 3.05) is 0 Å². The van der Waals surface area contributed by atoms with E-state index in [9.17, 15) is 9.90 Å². The lowest BCUT2D eigenvalue weighted by atomic mass is 9.92. The van der Waals surface area contributed by atoms with E-state index in [1.807, 2.05) is 30.3 Å². The van der Waals surface area contributed by atoms with Crippen molar-refractivity contribution in [2.45, 2.75) is 76.0 Å². The monoisotopic (exact) mass is 428 g/mol. The largest absolute Gasteiger partial charge is 0.474 e. The van der Waals surface area contributed by atoms with Crippen LogP contribution >= 0.6 is 11.6 Å². The Morgan fingerprint density at radius 2 is 1.73 bits per heavy atom. The zero-order valence-corrected chi connectivity index (χ0v) is 17.9. The van der Waals surface area contributed by atoms with Gasteiger partial charge in [0.25, 0.3) is 5.91 Å². The Balaban J connectivity index is 1.59. The van der Waals surface area contributed by atoms with Crippen LogP contribution in [0.3, 0.4) is 0 Å². The molecule has 1 amide bonds. The molecule has 2 saturated carbocycles. The van der Waals surface area contributed by atoms with Crippen LogP contribution in [0.1, 0.15) is 68.1 Å². The first-order valence-electron chi connectivity index (χ1n) is 11.0. The summed E-state index contributed by atoms with van der Waals surface area (Å²) >= 11 is 6.06. The second-order valence-electron chi connectivity index (χ2n) is 8.39. The quantitative estimate of drug-likeness (QED) is 0.691. The molecule has 0 bridgehead atoms. The average Bonchev–Trinajstić information content (AvgIpc) is 2.77. The molecule has 160 valence electrons. The van der Waals surface area contributed by atoms with E-state index in [4.69, 9.17) is 16.3 Å². The molecule has 2 aliphatic carbocycles. The first-order chi connectivity index (χ1) is 14.6. The fraction of sp³-hybridized carbons (Fsp3) is 0.500. The van der Waals surface area contributed by atoms with Crippen LogP contribution < -0.4 is 10.1 Å². The highest BCUT2D eigenvalue weighted by molar-refractivity contribution is 6.30. The van der Waals surface area contributed by atoms with Crippen LogP contribution in [0.2, 0.25) is 5.02 Å². The molecule has 5 nitrogen and oxygen atoms in total. The van der Waals surface area contributed by atoms with Gasteiger partial charge in [-0.1, -0.05) is 43.0 Å². The summed E-state index contributed by atoms with van der Waals surface area (Å²) in [7, 11) is 0. The lowest BCUT2D eigenvalue weighted by Gasteiger charge is -2.28. The number of ether oxygens (including phenoxy) is 1. The van der Waals surface area contributed by atoms with Crippen molar-refractivity contribution in [2.24, 2.45) is 0 Å². The zero-order valence-electron chi connectivity index (χ0n) is 17.1. The third-order valence-corrected chi connectivity index (χ3v) is 6.40. The maximum atomic E-state index is 12.9. The minimum atomic E-state index is -0.486. The van der Waals surface area contributed by atoms with E-state index in [0.29, 0.717) is 16.5 Å². The van der Waals surface area contributed by atoms with Crippen LogP contribution in [-0.4, -0.2) is 34.2 Å². The van der Waals surface area contributed by atoms with Gasteiger partial charge in [0.05, 0.1) is 17.7 Å². The number of carbonyl (C=O) groups is 1. The molecule has 1 aromatic heterocycles. The molecule has 6 heteroatoms. The molecule has 0 saturated heterocycles. The Morgan fingerprint density at radius 1 is 1.03 bits per heavy atom. The fourth-order valence-corrected chi connectivity index (χ4v) is 4.50. The summed E-state index contributed by atoms with van der Waals surface area (Å²) in [5.41, 5.74) is 2.16. The minimum absolute atomic E-state index is 0.161. The van der Waals surface area contributed by atoms with Crippen molar-refractivity contribution in [1.82, 2.24) is 10.3 Å². The molecule has 0 spiro atoms. The number of rotatable bonds is 5. The van der Waals surface area contributed by atoms with Gasteiger partial charge in [0.15, 0.2) is 0 Å². The average molecular weight is 429 g/mol. The Labute approximate surface area is 182 Å². The molecule has 2 aliphatic rings. The number of hydrogen-bond donors (Lipinski definition) is 2. The standard InChI is InChI=1S/C24H29ClN2O3/c25-18-12-10-16(11-13-18)20-14-17(23(29)27-21-8-4-5-9-22(21)28)15-26-24(20)30-19-6-2-1-3-7-19/h10-15,19,21-22,28H,1-9H2,(H,27,29). The lowest BCUT2D eigenvalue weighted by Crippen LogP contribution is -2.45. The highest BCUT2D eigenvalue weighted by Gasteiger charge is 2.26. The topological polar surface area (TPSA) is 71.5 Å².